The average molecular weight is 382 g/mol. The summed E-state index contributed by atoms with van der Waals surface area (Å²) in [6.07, 6.45) is 2.35. The van der Waals surface area contributed by atoms with Crippen molar-refractivity contribution in [2.24, 2.45) is 0 Å². The number of aromatic nitrogens is 2. The van der Waals surface area contributed by atoms with Crippen LogP contribution in [0.2, 0.25) is 0 Å². The number of fused-ring (bicyclic) bond motifs is 2. The van der Waals surface area contributed by atoms with E-state index in [0.29, 0.717) is 18.0 Å². The van der Waals surface area contributed by atoms with Crippen LogP contribution in [-0.4, -0.2) is 41.5 Å². The number of rotatable bonds is 3. The minimum absolute atomic E-state index is 0.0149. The normalized spacial score (nSPS) is 23.5. The highest BCUT2D eigenvalue weighted by Crippen LogP contribution is 2.37. The number of anilines is 1. The van der Waals surface area contributed by atoms with E-state index < -0.39 is 17.6 Å². The molecule has 0 saturated heterocycles. The van der Waals surface area contributed by atoms with Crippen LogP contribution in [0, 0.1) is 0 Å². The summed E-state index contributed by atoms with van der Waals surface area (Å²) in [5.41, 5.74) is 1.73. The number of hydrogen-bond acceptors (Lipinski definition) is 6. The topological polar surface area (TPSA) is 93.7 Å². The van der Waals surface area contributed by atoms with E-state index in [2.05, 4.69) is 15.3 Å². The maximum Gasteiger partial charge on any atom is 0.289 e. The molecule has 4 rings (SSSR count). The number of nitrogens with zero attached hydrogens (tertiary/aromatic N) is 3. The van der Waals surface area contributed by atoms with Crippen molar-refractivity contribution in [3.8, 4) is 5.75 Å². The third kappa shape index (κ3) is 2.99. The summed E-state index contributed by atoms with van der Waals surface area (Å²) in [4.78, 5) is 35.6. The van der Waals surface area contributed by atoms with E-state index in [1.165, 1.54) is 4.90 Å². The third-order valence-electron chi connectivity index (χ3n) is 5.36. The van der Waals surface area contributed by atoms with Gasteiger partial charge in [0.05, 0.1) is 18.0 Å². The molecule has 28 heavy (non-hydrogen) atoms. The van der Waals surface area contributed by atoms with Crippen LogP contribution in [0.25, 0.3) is 0 Å². The van der Waals surface area contributed by atoms with E-state index in [9.17, 15) is 9.59 Å². The van der Waals surface area contributed by atoms with Gasteiger partial charge in [0.25, 0.3) is 11.8 Å². The number of benzene rings is 1. The Bertz CT molecular complexity index is 948. The van der Waals surface area contributed by atoms with Crippen LogP contribution in [-0.2, 0) is 21.7 Å². The summed E-state index contributed by atoms with van der Waals surface area (Å²) in [6.45, 7) is 4.42. The molecular formula is C20H22N4O4. The van der Waals surface area contributed by atoms with Crippen LogP contribution in [0.4, 0.5) is 5.69 Å². The largest absolute Gasteiger partial charge is 0.489 e. The molecule has 8 heteroatoms. The minimum Gasteiger partial charge on any atom is -0.489 e. The van der Waals surface area contributed by atoms with E-state index in [4.69, 9.17) is 9.47 Å². The molecule has 3 heterocycles. The van der Waals surface area contributed by atoms with Crippen molar-refractivity contribution in [1.82, 2.24) is 15.3 Å². The molecule has 0 spiro atoms. The Labute approximate surface area is 162 Å². The summed E-state index contributed by atoms with van der Waals surface area (Å²) >= 11 is 0. The van der Waals surface area contributed by atoms with E-state index in [-0.39, 0.29) is 18.3 Å². The zero-order chi connectivity index (χ0) is 19.9. The first-order chi connectivity index (χ1) is 13.4. The summed E-state index contributed by atoms with van der Waals surface area (Å²) in [5, 5.41) is 2.71. The molecular weight excluding hydrogens is 360 g/mol. The number of hydrogen-bond donors (Lipinski definition) is 1. The van der Waals surface area contributed by atoms with Crippen molar-refractivity contribution >= 4 is 17.5 Å². The van der Waals surface area contributed by atoms with Crippen molar-refractivity contribution < 1.29 is 19.1 Å². The maximum absolute atomic E-state index is 12.8. The van der Waals surface area contributed by atoms with Gasteiger partial charge in [-0.05, 0) is 25.5 Å². The molecule has 8 nitrogen and oxygen atoms in total. The zero-order valence-corrected chi connectivity index (χ0v) is 16.1. The molecule has 2 amide bonds. The van der Waals surface area contributed by atoms with Crippen LogP contribution in [0.5, 0.6) is 5.75 Å². The number of ether oxygens (including phenoxy) is 2. The number of nitrogens with one attached hydrogen (secondary N) is 1. The number of carbonyl (C=O) groups is 2. The van der Waals surface area contributed by atoms with Gasteiger partial charge in [-0.25, -0.2) is 9.97 Å². The van der Waals surface area contributed by atoms with Gasteiger partial charge in [-0.15, -0.1) is 0 Å². The molecule has 2 atom stereocenters. The van der Waals surface area contributed by atoms with Gasteiger partial charge in [0, 0.05) is 18.8 Å². The highest BCUT2D eigenvalue weighted by molar-refractivity contribution is 6.02. The van der Waals surface area contributed by atoms with Gasteiger partial charge in [-0.3, -0.25) is 9.59 Å². The highest BCUT2D eigenvalue weighted by Gasteiger charge is 2.37. The Kier molecular flexibility index (Phi) is 4.50. The van der Waals surface area contributed by atoms with Gasteiger partial charge in [0.2, 0.25) is 5.82 Å². The van der Waals surface area contributed by atoms with Gasteiger partial charge < -0.3 is 19.7 Å². The number of carbonyl (C=O) groups excluding carboxylic acids is 2. The molecule has 0 unspecified atom stereocenters. The summed E-state index contributed by atoms with van der Waals surface area (Å²) in [5.74, 6) is -0.170. The molecule has 0 radical (unpaired) electrons. The second-order valence-corrected chi connectivity index (χ2v) is 7.14. The van der Waals surface area contributed by atoms with Gasteiger partial charge in [0.1, 0.15) is 24.0 Å². The lowest BCUT2D eigenvalue weighted by molar-refractivity contribution is -0.120. The zero-order valence-electron chi connectivity index (χ0n) is 16.1. The standard InChI is InChI=1S/C20H22N4O4/c1-4-20(2)16-12(10-28-20)9-21-17(23-16)18(25)22-13-11-27-15-8-6-5-7-14(15)24(3)19(13)26/h5-9,13H,4,10-11H2,1-3H3,(H,22,25)/t13-,20-/m0/s1. The fraction of sp³-hybridized carbons (Fsp3) is 0.400. The van der Waals surface area contributed by atoms with Crippen LogP contribution in [0.3, 0.4) is 0 Å². The maximum atomic E-state index is 12.8. The fourth-order valence-electron chi connectivity index (χ4n) is 3.43. The molecule has 0 bridgehead atoms. The Morgan fingerprint density at radius 3 is 2.96 bits per heavy atom. The van der Waals surface area contributed by atoms with Crippen LogP contribution in [0.15, 0.2) is 30.5 Å². The Morgan fingerprint density at radius 1 is 1.39 bits per heavy atom. The SMILES string of the molecule is CC[C@]1(C)OCc2cnc(C(=O)N[C@H]3COc4ccccc4N(C)C3=O)nc21. The molecule has 0 aliphatic carbocycles. The lowest BCUT2D eigenvalue weighted by Gasteiger charge is -2.22. The third-order valence-corrected chi connectivity index (χ3v) is 5.36. The molecule has 2 aromatic rings. The summed E-state index contributed by atoms with van der Waals surface area (Å²) in [6, 6.07) is 6.41. The predicted octanol–water partition coefficient (Wildman–Crippen LogP) is 1.79. The Balaban J connectivity index is 1.55. The number of amides is 2. The highest BCUT2D eigenvalue weighted by atomic mass is 16.5. The molecule has 1 N–H and O–H groups in total. The van der Waals surface area contributed by atoms with Crippen LogP contribution < -0.4 is 15.0 Å². The monoisotopic (exact) mass is 382 g/mol. The van der Waals surface area contributed by atoms with Crippen LogP contribution >= 0.6 is 0 Å². The van der Waals surface area contributed by atoms with Crippen molar-refractivity contribution in [2.45, 2.75) is 38.5 Å². The van der Waals surface area contributed by atoms with E-state index in [1.807, 2.05) is 26.0 Å². The lowest BCUT2D eigenvalue weighted by Crippen LogP contribution is -2.49. The molecule has 2 aliphatic heterocycles. The van der Waals surface area contributed by atoms with E-state index >= 15 is 0 Å². The van der Waals surface area contributed by atoms with Gasteiger partial charge in [-0.1, -0.05) is 19.1 Å². The quantitative estimate of drug-likeness (QED) is 0.870. The molecule has 0 saturated carbocycles. The lowest BCUT2D eigenvalue weighted by atomic mass is 9.98. The smallest absolute Gasteiger partial charge is 0.289 e. The van der Waals surface area contributed by atoms with Crippen molar-refractivity contribution in [3.63, 3.8) is 0 Å². The summed E-state index contributed by atoms with van der Waals surface area (Å²) in [7, 11) is 1.66. The number of likely N-dealkylation sites (N-methyl/N-ethyl adjacent to an activating group) is 1. The van der Waals surface area contributed by atoms with Crippen LogP contribution in [0.1, 0.15) is 42.1 Å². The fourth-order valence-corrected chi connectivity index (χ4v) is 3.43. The first kappa shape index (κ1) is 18.4. The minimum atomic E-state index is -0.837. The molecule has 1 aromatic carbocycles. The Hall–Kier alpha value is -3.00. The van der Waals surface area contributed by atoms with Crippen molar-refractivity contribution in [2.75, 3.05) is 18.6 Å². The second-order valence-electron chi connectivity index (χ2n) is 7.14. The van der Waals surface area contributed by atoms with Crippen molar-refractivity contribution in [3.05, 3.63) is 47.5 Å². The molecule has 1 aromatic heterocycles. The van der Waals surface area contributed by atoms with Gasteiger partial charge in [-0.2, -0.15) is 0 Å². The molecule has 146 valence electrons. The van der Waals surface area contributed by atoms with Gasteiger partial charge in [0.15, 0.2) is 0 Å². The first-order valence-electron chi connectivity index (χ1n) is 9.23. The predicted molar refractivity (Wildman–Crippen MR) is 101 cm³/mol. The van der Waals surface area contributed by atoms with Gasteiger partial charge >= 0.3 is 0 Å². The molecule has 2 aliphatic rings. The average Bonchev–Trinajstić information content (AvgIpc) is 3.01. The Morgan fingerprint density at radius 2 is 2.18 bits per heavy atom. The van der Waals surface area contributed by atoms with Crippen molar-refractivity contribution in [1.29, 1.82) is 0 Å². The number of para-hydroxylation sites is 2. The van der Waals surface area contributed by atoms with E-state index in [0.717, 1.165) is 17.7 Å². The first-order valence-corrected chi connectivity index (χ1v) is 9.23. The second kappa shape index (κ2) is 6.87. The molecule has 0 fully saturated rings. The summed E-state index contributed by atoms with van der Waals surface area (Å²) < 4.78 is 11.5. The van der Waals surface area contributed by atoms with E-state index in [1.54, 1.807) is 25.4 Å².